The van der Waals surface area contributed by atoms with Crippen molar-refractivity contribution in [3.8, 4) is 0 Å². The molecular weight excluding hydrogens is 411 g/mol. The second-order valence-corrected chi connectivity index (χ2v) is 1.71. The smallest absolute Gasteiger partial charge is 0.0297 e. The normalized spacial score (nSPS) is 4.53. The SMILES string of the molecule is Cc1cccnc1.O.O.[N-]=[N+]=[N-].[N-]=[N+]=[N-].[NH2-].[Pt]. The van der Waals surface area contributed by atoms with Crippen LogP contribution in [0.4, 0.5) is 0 Å². The van der Waals surface area contributed by atoms with Gasteiger partial charge in [0.15, 0.2) is 0 Å². The minimum atomic E-state index is 0. The van der Waals surface area contributed by atoms with Crippen LogP contribution in [0.15, 0.2) is 24.5 Å². The van der Waals surface area contributed by atoms with Gasteiger partial charge in [-0.15, -0.1) is 0 Å². The Balaban J connectivity index is -0.0000000271. The van der Waals surface area contributed by atoms with Crippen molar-refractivity contribution in [2.24, 2.45) is 0 Å². The predicted octanol–water partition coefficient (Wildman–Crippen LogP) is 2.19. The Labute approximate surface area is 112 Å². The summed E-state index contributed by atoms with van der Waals surface area (Å²) in [7, 11) is 0. The molecule has 0 fully saturated rings. The zero-order chi connectivity index (χ0) is 10.5. The zero-order valence-corrected chi connectivity index (χ0v) is 11.1. The summed E-state index contributed by atoms with van der Waals surface area (Å²) in [6, 6.07) is 3.95. The van der Waals surface area contributed by atoms with Gasteiger partial charge in [-0.05, 0) is 18.6 Å². The van der Waals surface area contributed by atoms with Crippen LogP contribution in [-0.4, -0.2) is 15.9 Å². The number of hydrogen-bond acceptors (Lipinski definition) is 1. The molecule has 0 saturated heterocycles. The van der Waals surface area contributed by atoms with Gasteiger partial charge in [0, 0.05) is 33.5 Å². The molecule has 0 unspecified atom stereocenters. The predicted molar refractivity (Wildman–Crippen MR) is 61.6 cm³/mol. The zero-order valence-electron chi connectivity index (χ0n) is 8.83. The van der Waals surface area contributed by atoms with Gasteiger partial charge in [0.05, 0.1) is 0 Å². The third-order valence-corrected chi connectivity index (χ3v) is 0.809. The van der Waals surface area contributed by atoms with E-state index in [-0.39, 0.29) is 38.2 Å². The van der Waals surface area contributed by atoms with Crippen LogP contribution >= 0.6 is 0 Å². The van der Waals surface area contributed by atoms with Gasteiger partial charge in [-0.1, -0.05) is 6.07 Å². The second-order valence-electron chi connectivity index (χ2n) is 1.71. The van der Waals surface area contributed by atoms with E-state index in [0.29, 0.717) is 0 Å². The van der Waals surface area contributed by atoms with Gasteiger partial charge in [-0.2, -0.15) is 0 Å². The number of aryl methyl sites for hydroxylation is 1. The maximum atomic E-state index is 6.75. The van der Waals surface area contributed by atoms with Gasteiger partial charge in [0.25, 0.3) is 0 Å². The van der Waals surface area contributed by atoms with E-state index in [4.69, 9.17) is 22.1 Å². The van der Waals surface area contributed by atoms with Crippen molar-refractivity contribution in [2.45, 2.75) is 6.92 Å². The molecule has 0 atom stereocenters. The van der Waals surface area contributed by atoms with Crippen molar-refractivity contribution in [1.82, 2.24) is 4.98 Å². The third-order valence-electron chi connectivity index (χ3n) is 0.809. The van der Waals surface area contributed by atoms with E-state index in [1.54, 1.807) is 6.20 Å². The van der Waals surface area contributed by atoms with E-state index in [0.717, 1.165) is 0 Å². The van der Waals surface area contributed by atoms with Gasteiger partial charge < -0.3 is 39.2 Å². The quantitative estimate of drug-likeness (QED) is 0.340. The number of nitrogens with zero attached hydrogens (tertiary/aromatic N) is 7. The molecule has 1 heterocycles. The molecular formula is C6H13N8O2Pt-3. The van der Waals surface area contributed by atoms with Crippen LogP contribution in [0, 0.1) is 6.92 Å². The minimum Gasteiger partial charge on any atom is -0.693 e. The Morgan fingerprint density at radius 1 is 1.06 bits per heavy atom. The maximum Gasteiger partial charge on any atom is 0.0297 e. The van der Waals surface area contributed by atoms with Crippen molar-refractivity contribution in [1.29, 1.82) is 0 Å². The first-order chi connectivity index (χ1) is 6.22. The van der Waals surface area contributed by atoms with Crippen molar-refractivity contribution < 1.29 is 32.0 Å². The van der Waals surface area contributed by atoms with Gasteiger partial charge in [-0.25, -0.2) is 0 Å². The first-order valence-corrected chi connectivity index (χ1v) is 3.06. The van der Waals surface area contributed by atoms with Crippen LogP contribution in [0.2, 0.25) is 0 Å². The molecule has 6 N–H and O–H groups in total. The minimum absolute atomic E-state index is 0. The molecule has 17 heavy (non-hydrogen) atoms. The number of nitrogens with two attached hydrogens (primary N) is 1. The summed E-state index contributed by atoms with van der Waals surface area (Å²) in [5, 5.41) is 0. The average Bonchev–Trinajstić information content (AvgIpc) is 2.08. The van der Waals surface area contributed by atoms with Crippen molar-refractivity contribution in [2.75, 3.05) is 0 Å². The van der Waals surface area contributed by atoms with E-state index >= 15 is 0 Å². The molecule has 0 spiro atoms. The molecule has 0 amide bonds. The molecule has 0 aliphatic heterocycles. The summed E-state index contributed by atoms with van der Waals surface area (Å²) in [5.41, 5.74) is 28.2. The van der Waals surface area contributed by atoms with Crippen LogP contribution in [-0.2, 0) is 21.1 Å². The molecule has 1 aromatic heterocycles. The number of aromatic nitrogens is 1. The van der Waals surface area contributed by atoms with Crippen molar-refractivity contribution >= 4 is 0 Å². The van der Waals surface area contributed by atoms with Crippen molar-refractivity contribution in [3.05, 3.63) is 68.2 Å². The molecule has 0 saturated carbocycles. The van der Waals surface area contributed by atoms with E-state index in [1.165, 1.54) is 15.4 Å². The third kappa shape index (κ3) is 54.3. The standard InChI is InChI=1S/C6H7N.2N3.H2N.2H2O.Pt/c1-6-3-2-4-7-5-6;2*1-3-2;;;;/h2-5H,1H3;;;3*1H2;/q;3*-1;;;. The maximum absolute atomic E-state index is 6.75. The number of rotatable bonds is 0. The summed E-state index contributed by atoms with van der Waals surface area (Å²) in [5.74, 6) is 0. The number of hydrogen-bond donors (Lipinski definition) is 0. The monoisotopic (exact) mass is 424 g/mol. The summed E-state index contributed by atoms with van der Waals surface area (Å²) in [6.45, 7) is 2.02. The molecule has 10 nitrogen and oxygen atoms in total. The number of pyridine rings is 1. The van der Waals surface area contributed by atoms with E-state index in [1.807, 2.05) is 25.3 Å². The van der Waals surface area contributed by atoms with Crippen LogP contribution in [0.25, 0.3) is 38.1 Å². The molecule has 0 aromatic carbocycles. The molecule has 1 aromatic rings. The van der Waals surface area contributed by atoms with Crippen LogP contribution < -0.4 is 0 Å². The summed E-state index contributed by atoms with van der Waals surface area (Å²) in [4.78, 5) is 6.88. The van der Waals surface area contributed by atoms with Crippen LogP contribution in [0.3, 0.4) is 0 Å². The first-order valence-electron chi connectivity index (χ1n) is 3.06. The fraction of sp³-hybridized carbons (Fsp3) is 0.167. The molecule has 0 bridgehead atoms. The van der Waals surface area contributed by atoms with Gasteiger partial charge >= 0.3 is 0 Å². The molecule has 0 radical (unpaired) electrons. The Morgan fingerprint density at radius 2 is 1.41 bits per heavy atom. The summed E-state index contributed by atoms with van der Waals surface area (Å²) < 4.78 is 0. The second kappa shape index (κ2) is 36.7. The van der Waals surface area contributed by atoms with Crippen LogP contribution in [0.5, 0.6) is 0 Å². The molecule has 0 aliphatic rings. The van der Waals surface area contributed by atoms with E-state index < -0.39 is 0 Å². The Kier molecular flexibility index (Phi) is 78.0. The fourth-order valence-electron chi connectivity index (χ4n) is 0.448. The fourth-order valence-corrected chi connectivity index (χ4v) is 0.448. The van der Waals surface area contributed by atoms with Gasteiger partial charge in [-0.3, -0.25) is 14.8 Å². The average molecular weight is 424 g/mol. The van der Waals surface area contributed by atoms with Crippen LogP contribution in [0.1, 0.15) is 5.56 Å². The van der Waals surface area contributed by atoms with Gasteiger partial charge in [0.1, 0.15) is 0 Å². The van der Waals surface area contributed by atoms with Gasteiger partial charge in [0.2, 0.25) is 0 Å². The Bertz CT molecular complexity index is 271. The van der Waals surface area contributed by atoms with Crippen molar-refractivity contribution in [3.63, 3.8) is 0 Å². The van der Waals surface area contributed by atoms with E-state index in [2.05, 4.69) is 4.98 Å². The largest absolute Gasteiger partial charge is 0.693 e. The van der Waals surface area contributed by atoms with E-state index in [9.17, 15) is 0 Å². The summed E-state index contributed by atoms with van der Waals surface area (Å²) >= 11 is 0. The first kappa shape index (κ1) is 36.2. The topological polar surface area (TPSA) is 227 Å². The molecule has 102 valence electrons. The molecule has 11 heteroatoms. The molecule has 0 aliphatic carbocycles. The Hall–Kier alpha value is -1.66. The molecule has 1 rings (SSSR count). The summed E-state index contributed by atoms with van der Waals surface area (Å²) in [6.07, 6.45) is 3.60. The Morgan fingerprint density at radius 3 is 1.53 bits per heavy atom.